The maximum absolute atomic E-state index is 11.9. The molecule has 3 aliphatic rings. The van der Waals surface area contributed by atoms with Crippen LogP contribution in [0.5, 0.6) is 0 Å². The van der Waals surface area contributed by atoms with E-state index in [2.05, 4.69) is 16.0 Å². The van der Waals surface area contributed by atoms with Crippen molar-refractivity contribution in [1.29, 1.82) is 0 Å². The van der Waals surface area contributed by atoms with Crippen molar-refractivity contribution in [2.45, 2.75) is 98.8 Å². The minimum Gasteiger partial charge on any atom is -0.492 e. The number of nitrogens with one attached hydrogen (secondary N) is 3. The van der Waals surface area contributed by atoms with Gasteiger partial charge in [-0.1, -0.05) is 0 Å². The van der Waals surface area contributed by atoms with Crippen molar-refractivity contribution in [3.05, 3.63) is 11.8 Å². The fourth-order valence-corrected chi connectivity index (χ4v) is 6.21. The fraction of sp³-hybridized carbons (Fsp3) is 0.923. The van der Waals surface area contributed by atoms with Crippen LogP contribution in [-0.4, -0.2) is 150 Å². The van der Waals surface area contributed by atoms with Gasteiger partial charge in [0.05, 0.1) is 50.7 Å². The van der Waals surface area contributed by atoms with E-state index in [1.165, 1.54) is 6.92 Å². The lowest BCUT2D eigenvalue weighted by molar-refractivity contribution is -0.298. The Bertz CT molecular complexity index is 822. The Morgan fingerprint density at radius 3 is 2.49 bits per heavy atom. The summed E-state index contributed by atoms with van der Waals surface area (Å²) in [6.45, 7) is 1.43. The molecule has 12 unspecified atom stereocenters. The molecule has 1 aliphatic carbocycles. The van der Waals surface area contributed by atoms with Gasteiger partial charge in [-0.05, 0) is 45.9 Å². The molecular formula is C26H52N6O9. The predicted octanol–water partition coefficient (Wildman–Crippen LogP) is -5.25. The summed E-state index contributed by atoms with van der Waals surface area (Å²) in [5.41, 5.74) is 16.8. The Hall–Kier alpha value is -1.02. The first-order chi connectivity index (χ1) is 19.5. The lowest BCUT2D eigenvalue weighted by Crippen LogP contribution is -2.70. The largest absolute Gasteiger partial charge is 0.492 e. The zero-order valence-corrected chi connectivity index (χ0v) is 24.0. The first-order valence-corrected chi connectivity index (χ1v) is 14.4. The van der Waals surface area contributed by atoms with E-state index < -0.39 is 72.5 Å². The SMILES string of the molecule is CNC1C(O)C(OC2C(NC(CO)CO)CC(N)C(C3OC(CN)=CCC3NCC(O)CCN)C2O)OCC1(C)O. The summed E-state index contributed by atoms with van der Waals surface area (Å²) >= 11 is 0. The van der Waals surface area contributed by atoms with Crippen molar-refractivity contribution < 1.29 is 44.8 Å². The average Bonchev–Trinajstić information content (AvgIpc) is 2.94. The first kappa shape index (κ1) is 34.5. The summed E-state index contributed by atoms with van der Waals surface area (Å²) in [6, 6.07) is -3.05. The van der Waals surface area contributed by atoms with Gasteiger partial charge in [0.25, 0.3) is 0 Å². The Balaban J connectivity index is 1.89. The molecule has 0 amide bonds. The summed E-state index contributed by atoms with van der Waals surface area (Å²) in [6.07, 6.45) is -2.98. The maximum Gasteiger partial charge on any atom is 0.185 e. The highest BCUT2D eigenvalue weighted by Gasteiger charge is 2.53. The molecule has 2 heterocycles. The highest BCUT2D eigenvalue weighted by molar-refractivity contribution is 5.11. The second-order valence-electron chi connectivity index (χ2n) is 11.6. The third kappa shape index (κ3) is 8.33. The van der Waals surface area contributed by atoms with Gasteiger partial charge in [-0.25, -0.2) is 0 Å². The van der Waals surface area contributed by atoms with Gasteiger partial charge in [0.1, 0.15) is 29.7 Å². The number of aliphatic hydroxyl groups excluding tert-OH is 5. The van der Waals surface area contributed by atoms with Gasteiger partial charge in [0.2, 0.25) is 0 Å². The number of nitrogens with two attached hydrogens (primary N) is 3. The molecule has 1 saturated heterocycles. The highest BCUT2D eigenvalue weighted by atomic mass is 16.7. The summed E-state index contributed by atoms with van der Waals surface area (Å²) in [5, 5.41) is 72.6. The fourth-order valence-electron chi connectivity index (χ4n) is 6.21. The standard InChI is InChI=1S/C26H52N6O9/c1-26(38)12-39-25(21(37)24(26)30-2)41-23-18(32-13(10-33)11-34)7-16(29)19(20(23)36)22-17(4-3-15(8-28)40-22)31-9-14(35)5-6-27/h3,13-14,16-25,30-38H,4-12,27-29H2,1-2H3. The second-order valence-corrected chi connectivity index (χ2v) is 11.6. The Labute approximate surface area is 241 Å². The van der Waals surface area contributed by atoms with E-state index in [9.17, 15) is 30.6 Å². The molecule has 0 aromatic carbocycles. The van der Waals surface area contributed by atoms with E-state index in [0.717, 1.165) is 0 Å². The number of rotatable bonds is 14. The van der Waals surface area contributed by atoms with Gasteiger partial charge in [0, 0.05) is 30.6 Å². The van der Waals surface area contributed by atoms with Crippen LogP contribution >= 0.6 is 0 Å². The van der Waals surface area contributed by atoms with Crippen molar-refractivity contribution in [3.8, 4) is 0 Å². The number of likely N-dealkylation sites (N-methyl/N-ethyl adjacent to an activating group) is 1. The molecule has 0 spiro atoms. The van der Waals surface area contributed by atoms with E-state index in [1.807, 2.05) is 6.08 Å². The van der Waals surface area contributed by atoms with Gasteiger partial charge in [0.15, 0.2) is 6.29 Å². The molecule has 15 heteroatoms. The molecule has 15 N–H and O–H groups in total. The van der Waals surface area contributed by atoms with Crippen molar-refractivity contribution in [3.63, 3.8) is 0 Å². The van der Waals surface area contributed by atoms with Gasteiger partial charge >= 0.3 is 0 Å². The van der Waals surface area contributed by atoms with Crippen LogP contribution in [0, 0.1) is 5.92 Å². The molecule has 0 aromatic heterocycles. The third-order valence-corrected chi connectivity index (χ3v) is 8.45. The summed E-state index contributed by atoms with van der Waals surface area (Å²) < 4.78 is 18.2. The van der Waals surface area contributed by atoms with Gasteiger partial charge in [-0.2, -0.15) is 0 Å². The van der Waals surface area contributed by atoms with Crippen LogP contribution in [0.25, 0.3) is 0 Å². The van der Waals surface area contributed by atoms with Gasteiger partial charge < -0.3 is 78.0 Å². The quantitative estimate of drug-likeness (QED) is 0.0899. The summed E-state index contributed by atoms with van der Waals surface area (Å²) in [7, 11) is 1.60. The zero-order valence-electron chi connectivity index (χ0n) is 24.0. The van der Waals surface area contributed by atoms with Crippen molar-refractivity contribution in [2.24, 2.45) is 23.1 Å². The minimum atomic E-state index is -1.37. The van der Waals surface area contributed by atoms with Crippen LogP contribution in [0.4, 0.5) is 0 Å². The average molecular weight is 593 g/mol. The number of aliphatic hydroxyl groups is 6. The smallest absolute Gasteiger partial charge is 0.185 e. The lowest BCUT2D eigenvalue weighted by Gasteiger charge is -2.51. The minimum absolute atomic E-state index is 0.131. The molecular weight excluding hydrogens is 540 g/mol. The molecule has 240 valence electrons. The molecule has 3 rings (SSSR count). The van der Waals surface area contributed by atoms with E-state index in [4.69, 9.17) is 31.4 Å². The summed E-state index contributed by atoms with van der Waals surface area (Å²) in [4.78, 5) is 0. The molecule has 2 aliphatic heterocycles. The zero-order chi connectivity index (χ0) is 30.3. The third-order valence-electron chi connectivity index (χ3n) is 8.45. The highest BCUT2D eigenvalue weighted by Crippen LogP contribution is 2.37. The van der Waals surface area contributed by atoms with E-state index >= 15 is 0 Å². The topological polar surface area (TPSA) is 263 Å². The predicted molar refractivity (Wildman–Crippen MR) is 149 cm³/mol. The molecule has 0 bridgehead atoms. The lowest BCUT2D eigenvalue weighted by atomic mass is 9.72. The van der Waals surface area contributed by atoms with Gasteiger partial charge in [-0.15, -0.1) is 0 Å². The molecule has 2 fully saturated rings. The molecule has 0 radical (unpaired) electrons. The maximum atomic E-state index is 11.9. The Morgan fingerprint density at radius 1 is 1.17 bits per heavy atom. The summed E-state index contributed by atoms with van der Waals surface area (Å²) in [5.74, 6) is -0.124. The first-order valence-electron chi connectivity index (χ1n) is 14.4. The van der Waals surface area contributed by atoms with E-state index in [0.29, 0.717) is 25.1 Å². The van der Waals surface area contributed by atoms with Crippen LogP contribution in [0.2, 0.25) is 0 Å². The normalized spacial score (nSPS) is 40.7. The number of hydrogen-bond acceptors (Lipinski definition) is 15. The molecule has 1 saturated carbocycles. The van der Waals surface area contributed by atoms with Crippen molar-refractivity contribution in [1.82, 2.24) is 16.0 Å². The van der Waals surface area contributed by atoms with Crippen LogP contribution in [0.15, 0.2) is 11.8 Å². The monoisotopic (exact) mass is 592 g/mol. The second kappa shape index (κ2) is 15.6. The number of hydrogen-bond donors (Lipinski definition) is 12. The van der Waals surface area contributed by atoms with E-state index in [-0.39, 0.29) is 45.4 Å². The van der Waals surface area contributed by atoms with Crippen LogP contribution in [0.3, 0.4) is 0 Å². The Kier molecular flexibility index (Phi) is 13.1. The van der Waals surface area contributed by atoms with Crippen LogP contribution < -0.4 is 33.2 Å². The van der Waals surface area contributed by atoms with Gasteiger partial charge in [-0.3, -0.25) is 0 Å². The molecule has 41 heavy (non-hydrogen) atoms. The number of ether oxygens (including phenoxy) is 3. The van der Waals surface area contributed by atoms with Crippen molar-refractivity contribution in [2.75, 3.05) is 46.5 Å². The molecule has 15 nitrogen and oxygen atoms in total. The molecule has 12 atom stereocenters. The Morgan fingerprint density at radius 2 is 1.88 bits per heavy atom. The van der Waals surface area contributed by atoms with Crippen LogP contribution in [-0.2, 0) is 14.2 Å². The van der Waals surface area contributed by atoms with E-state index in [1.54, 1.807) is 7.05 Å². The van der Waals surface area contributed by atoms with Crippen molar-refractivity contribution >= 4 is 0 Å². The molecule has 0 aromatic rings. The van der Waals surface area contributed by atoms with Crippen LogP contribution in [0.1, 0.15) is 26.2 Å².